The van der Waals surface area contributed by atoms with Crippen LogP contribution in [0.1, 0.15) is 10.4 Å². The lowest BCUT2D eigenvalue weighted by molar-refractivity contribution is -0.0498. The van der Waals surface area contributed by atoms with Gasteiger partial charge in [0.05, 0.1) is 17.4 Å². The number of carbonyl (C=O) groups is 1. The number of hydrogen-bond acceptors (Lipinski definition) is 4. The van der Waals surface area contributed by atoms with Gasteiger partial charge in [-0.3, -0.25) is 4.79 Å². The molecule has 8 heteroatoms. The van der Waals surface area contributed by atoms with E-state index in [4.69, 9.17) is 5.11 Å². The fourth-order valence-electron chi connectivity index (χ4n) is 1.49. The smallest absolute Gasteiger partial charge is 0.387 e. The Morgan fingerprint density at radius 2 is 1.95 bits per heavy atom. The Kier molecular flexibility index (Phi) is 3.74. The highest BCUT2D eigenvalue weighted by atomic mass is 19.3. The number of nitrogens with zero attached hydrogens (tertiary/aromatic N) is 2. The zero-order valence-corrected chi connectivity index (χ0v) is 9.86. The number of carboxylic acids is 1. The molecule has 1 N–H and O–H groups in total. The van der Waals surface area contributed by atoms with E-state index in [9.17, 15) is 18.4 Å². The van der Waals surface area contributed by atoms with Crippen LogP contribution in [0.25, 0.3) is 5.69 Å². The molecule has 6 nitrogen and oxygen atoms in total. The maximum absolute atomic E-state index is 12.0. The van der Waals surface area contributed by atoms with E-state index in [1.807, 2.05) is 0 Å². The molecule has 0 bridgehead atoms. The first kappa shape index (κ1) is 13.7. The van der Waals surface area contributed by atoms with Crippen molar-refractivity contribution in [2.45, 2.75) is 6.61 Å². The average molecular weight is 282 g/mol. The number of halogens is 2. The van der Waals surface area contributed by atoms with E-state index in [1.54, 1.807) is 0 Å². The molecular weight excluding hydrogens is 274 g/mol. The van der Waals surface area contributed by atoms with Crippen molar-refractivity contribution in [3.8, 4) is 11.4 Å². The van der Waals surface area contributed by atoms with E-state index in [0.29, 0.717) is 5.69 Å². The molecule has 104 valence electrons. The highest BCUT2D eigenvalue weighted by molar-refractivity contribution is 5.86. The summed E-state index contributed by atoms with van der Waals surface area (Å²) in [5, 5.41) is 12.4. The minimum Gasteiger partial charge on any atom is -0.478 e. The van der Waals surface area contributed by atoms with Crippen LogP contribution in [0.3, 0.4) is 0 Å². The highest BCUT2D eigenvalue weighted by Crippen LogP contribution is 2.16. The molecule has 0 aliphatic rings. The summed E-state index contributed by atoms with van der Waals surface area (Å²) in [6.45, 7) is -2.93. The lowest BCUT2D eigenvalue weighted by atomic mass is 10.3. The lowest BCUT2D eigenvalue weighted by Crippen LogP contribution is -2.21. The van der Waals surface area contributed by atoms with E-state index >= 15 is 0 Å². The van der Waals surface area contributed by atoms with E-state index in [2.05, 4.69) is 9.84 Å². The molecule has 1 aromatic carbocycles. The fourth-order valence-corrected chi connectivity index (χ4v) is 1.49. The first-order chi connectivity index (χ1) is 9.47. The molecule has 0 amide bonds. The van der Waals surface area contributed by atoms with Crippen LogP contribution in [0.4, 0.5) is 8.78 Å². The third-order valence-corrected chi connectivity index (χ3v) is 2.35. The Labute approximate surface area is 110 Å². The molecule has 0 aliphatic heterocycles. The molecule has 0 aliphatic carbocycles. The van der Waals surface area contributed by atoms with Gasteiger partial charge in [-0.25, -0.2) is 4.79 Å². The molecule has 0 spiro atoms. The highest BCUT2D eigenvalue weighted by Gasteiger charge is 2.08. The van der Waals surface area contributed by atoms with Crippen molar-refractivity contribution in [3.63, 3.8) is 0 Å². The first-order valence-electron chi connectivity index (χ1n) is 5.35. The number of aromatic carboxylic acids is 1. The molecule has 0 atom stereocenters. The quantitative estimate of drug-likeness (QED) is 0.919. The normalized spacial score (nSPS) is 10.6. The largest absolute Gasteiger partial charge is 0.478 e. The van der Waals surface area contributed by atoms with Gasteiger partial charge in [-0.05, 0) is 24.3 Å². The van der Waals surface area contributed by atoms with Crippen LogP contribution in [0.5, 0.6) is 5.75 Å². The Morgan fingerprint density at radius 3 is 2.45 bits per heavy atom. The molecule has 20 heavy (non-hydrogen) atoms. The van der Waals surface area contributed by atoms with Gasteiger partial charge >= 0.3 is 12.6 Å². The number of rotatable bonds is 4. The summed E-state index contributed by atoms with van der Waals surface area (Å²) in [7, 11) is 0. The summed E-state index contributed by atoms with van der Waals surface area (Å²) < 4.78 is 29.1. The summed E-state index contributed by atoms with van der Waals surface area (Å²) >= 11 is 0. The second-order valence-corrected chi connectivity index (χ2v) is 3.67. The van der Waals surface area contributed by atoms with Crippen LogP contribution in [-0.4, -0.2) is 27.5 Å². The lowest BCUT2D eigenvalue weighted by Gasteiger charge is -2.07. The van der Waals surface area contributed by atoms with Crippen LogP contribution < -0.4 is 10.3 Å². The summed E-state index contributed by atoms with van der Waals surface area (Å²) in [5.74, 6) is -1.32. The SMILES string of the molecule is O=C(O)c1cnn(-c2ccc(OC(F)F)cc2)c(=O)c1. The van der Waals surface area contributed by atoms with Gasteiger partial charge < -0.3 is 9.84 Å². The number of benzene rings is 1. The van der Waals surface area contributed by atoms with E-state index in [-0.39, 0.29) is 11.3 Å². The molecule has 0 fully saturated rings. The van der Waals surface area contributed by atoms with Crippen LogP contribution in [0.15, 0.2) is 41.3 Å². The Hall–Kier alpha value is -2.77. The van der Waals surface area contributed by atoms with E-state index in [0.717, 1.165) is 16.9 Å². The minimum absolute atomic E-state index is 0.0565. The number of hydrogen-bond donors (Lipinski definition) is 1. The van der Waals surface area contributed by atoms with E-state index < -0.39 is 18.1 Å². The third kappa shape index (κ3) is 2.97. The van der Waals surface area contributed by atoms with Gasteiger partial charge in [-0.15, -0.1) is 0 Å². The Balaban J connectivity index is 2.32. The van der Waals surface area contributed by atoms with Crippen LogP contribution in [0, 0.1) is 0 Å². The van der Waals surface area contributed by atoms with Gasteiger partial charge in [0.25, 0.3) is 5.56 Å². The minimum atomic E-state index is -2.93. The van der Waals surface area contributed by atoms with Gasteiger partial charge in [0.2, 0.25) is 0 Å². The monoisotopic (exact) mass is 282 g/mol. The molecule has 0 saturated heterocycles. The second kappa shape index (κ2) is 5.47. The van der Waals surface area contributed by atoms with Crippen LogP contribution in [0.2, 0.25) is 0 Å². The van der Waals surface area contributed by atoms with Crippen LogP contribution in [-0.2, 0) is 0 Å². The van der Waals surface area contributed by atoms with Crippen LogP contribution >= 0.6 is 0 Å². The number of alkyl halides is 2. The average Bonchev–Trinajstić information content (AvgIpc) is 2.39. The van der Waals surface area contributed by atoms with Crippen molar-refractivity contribution >= 4 is 5.97 Å². The number of ether oxygens (including phenoxy) is 1. The zero-order valence-electron chi connectivity index (χ0n) is 9.86. The predicted octanol–water partition coefficient (Wildman–Crippen LogP) is 1.53. The van der Waals surface area contributed by atoms with Crippen molar-refractivity contribution in [1.29, 1.82) is 0 Å². The summed E-state index contributed by atoms with van der Waals surface area (Å²) in [4.78, 5) is 22.4. The molecule has 1 heterocycles. The van der Waals surface area contributed by atoms with Crippen molar-refractivity contribution in [3.05, 3.63) is 52.4 Å². The van der Waals surface area contributed by atoms with Gasteiger partial charge in [0, 0.05) is 6.07 Å². The van der Waals surface area contributed by atoms with Gasteiger partial charge in [0.1, 0.15) is 5.75 Å². The van der Waals surface area contributed by atoms with Crippen molar-refractivity contribution in [2.24, 2.45) is 0 Å². The maximum atomic E-state index is 12.0. The predicted molar refractivity (Wildman–Crippen MR) is 63.4 cm³/mol. The molecule has 1 aromatic heterocycles. The number of carboxylic acid groups (broad SMARTS) is 1. The first-order valence-corrected chi connectivity index (χ1v) is 5.35. The third-order valence-electron chi connectivity index (χ3n) is 2.35. The molecule has 0 unspecified atom stereocenters. The van der Waals surface area contributed by atoms with Gasteiger partial charge in [0.15, 0.2) is 0 Å². The Morgan fingerprint density at radius 1 is 1.30 bits per heavy atom. The summed E-state index contributed by atoms with van der Waals surface area (Å²) in [5.41, 5.74) is -0.579. The fraction of sp³-hybridized carbons (Fsp3) is 0.0833. The second-order valence-electron chi connectivity index (χ2n) is 3.67. The van der Waals surface area contributed by atoms with Gasteiger partial charge in [-0.2, -0.15) is 18.6 Å². The molecule has 0 saturated carbocycles. The van der Waals surface area contributed by atoms with Crippen molar-refractivity contribution < 1.29 is 23.4 Å². The molecular formula is C12H8F2N2O4. The summed E-state index contributed by atoms with van der Waals surface area (Å²) in [6.07, 6.45) is 1.02. The zero-order chi connectivity index (χ0) is 14.7. The summed E-state index contributed by atoms with van der Waals surface area (Å²) in [6, 6.07) is 6.12. The number of aromatic nitrogens is 2. The van der Waals surface area contributed by atoms with E-state index in [1.165, 1.54) is 24.3 Å². The van der Waals surface area contributed by atoms with Crippen molar-refractivity contribution in [1.82, 2.24) is 9.78 Å². The van der Waals surface area contributed by atoms with Gasteiger partial charge in [-0.1, -0.05) is 0 Å². The standard InChI is InChI=1S/C12H8F2N2O4/c13-12(14)20-9-3-1-8(2-4-9)16-10(17)5-7(6-15-16)11(18)19/h1-6,12H,(H,18,19). The molecule has 2 rings (SSSR count). The Bertz CT molecular complexity index is 683. The van der Waals surface area contributed by atoms with Crippen molar-refractivity contribution in [2.75, 3.05) is 0 Å². The molecule has 0 radical (unpaired) electrons. The maximum Gasteiger partial charge on any atom is 0.387 e. The topological polar surface area (TPSA) is 81.4 Å². The molecule has 2 aromatic rings.